The van der Waals surface area contributed by atoms with Crippen LogP contribution < -0.4 is 14.9 Å². The predicted molar refractivity (Wildman–Crippen MR) is 126 cm³/mol. The summed E-state index contributed by atoms with van der Waals surface area (Å²) >= 11 is 0. The lowest BCUT2D eigenvalue weighted by Gasteiger charge is -2.26. The first-order valence-corrected chi connectivity index (χ1v) is 11.1. The zero-order chi connectivity index (χ0) is 22.2. The summed E-state index contributed by atoms with van der Waals surface area (Å²) in [5.41, 5.74) is 4.72. The van der Waals surface area contributed by atoms with Gasteiger partial charge in [0.1, 0.15) is 5.82 Å². The maximum atomic E-state index is 12.4. The van der Waals surface area contributed by atoms with Crippen molar-refractivity contribution in [1.29, 1.82) is 0 Å². The van der Waals surface area contributed by atoms with Crippen LogP contribution in [0.4, 0.5) is 5.82 Å². The molecule has 1 N–H and O–H groups in total. The van der Waals surface area contributed by atoms with Gasteiger partial charge in [0.05, 0.1) is 18.3 Å². The lowest BCUT2D eigenvalue weighted by Crippen LogP contribution is -2.38. The van der Waals surface area contributed by atoms with Gasteiger partial charge in [0.25, 0.3) is 5.91 Å². The van der Waals surface area contributed by atoms with Crippen LogP contribution >= 0.6 is 0 Å². The maximum absolute atomic E-state index is 12.4. The van der Waals surface area contributed by atoms with Gasteiger partial charge in [0.2, 0.25) is 0 Å². The minimum atomic E-state index is 0.0166. The SMILES string of the molecule is CCOc1cc(/C=N\Nc2ccc3ccccc3n2)ccc1OCC(=O)N1CCCCC1. The molecule has 2 heterocycles. The average Bonchev–Trinajstić information content (AvgIpc) is 2.84. The number of hydrogen-bond donors (Lipinski definition) is 1. The average molecular weight is 433 g/mol. The fourth-order valence-electron chi connectivity index (χ4n) is 3.67. The third-order valence-corrected chi connectivity index (χ3v) is 5.32. The quantitative estimate of drug-likeness (QED) is 0.420. The number of amides is 1. The second kappa shape index (κ2) is 10.6. The predicted octanol–water partition coefficient (Wildman–Crippen LogP) is 4.47. The molecule has 0 bridgehead atoms. The number of para-hydroxylation sites is 1. The van der Waals surface area contributed by atoms with Crippen molar-refractivity contribution in [1.82, 2.24) is 9.88 Å². The number of aromatic nitrogens is 1. The molecule has 0 spiro atoms. The molecular formula is C25H28N4O3. The summed E-state index contributed by atoms with van der Waals surface area (Å²) in [6, 6.07) is 17.4. The molecule has 7 nitrogen and oxygen atoms in total. The van der Waals surface area contributed by atoms with E-state index in [4.69, 9.17) is 9.47 Å². The Kier molecular flexibility index (Phi) is 7.17. The molecule has 0 atom stereocenters. The van der Waals surface area contributed by atoms with E-state index in [1.54, 1.807) is 6.21 Å². The van der Waals surface area contributed by atoms with Gasteiger partial charge in [-0.2, -0.15) is 5.10 Å². The minimum Gasteiger partial charge on any atom is -0.490 e. The van der Waals surface area contributed by atoms with Gasteiger partial charge in [-0.05, 0) is 68.1 Å². The fraction of sp³-hybridized carbons (Fsp3) is 0.320. The molecule has 4 rings (SSSR count). The van der Waals surface area contributed by atoms with E-state index in [1.165, 1.54) is 6.42 Å². The molecule has 1 aliphatic rings. The Morgan fingerprint density at radius 3 is 2.75 bits per heavy atom. The van der Waals surface area contributed by atoms with Crippen molar-refractivity contribution in [3.8, 4) is 11.5 Å². The van der Waals surface area contributed by atoms with Crippen LogP contribution in [0, 0.1) is 0 Å². The van der Waals surface area contributed by atoms with Gasteiger partial charge in [-0.1, -0.05) is 18.2 Å². The highest BCUT2D eigenvalue weighted by Gasteiger charge is 2.17. The Bertz CT molecular complexity index is 1090. The number of nitrogens with one attached hydrogen (secondary N) is 1. The number of carbonyl (C=O) groups is 1. The Balaban J connectivity index is 1.39. The van der Waals surface area contributed by atoms with E-state index >= 15 is 0 Å². The normalized spacial score (nSPS) is 14.0. The van der Waals surface area contributed by atoms with E-state index in [-0.39, 0.29) is 12.5 Å². The van der Waals surface area contributed by atoms with Gasteiger partial charge in [0, 0.05) is 18.5 Å². The zero-order valence-corrected chi connectivity index (χ0v) is 18.3. The van der Waals surface area contributed by atoms with E-state index in [0.29, 0.717) is 23.9 Å². The molecule has 3 aromatic rings. The van der Waals surface area contributed by atoms with Crippen LogP contribution in [0.25, 0.3) is 10.9 Å². The highest BCUT2D eigenvalue weighted by Crippen LogP contribution is 2.28. The summed E-state index contributed by atoms with van der Waals surface area (Å²) in [5, 5.41) is 5.37. The van der Waals surface area contributed by atoms with Crippen molar-refractivity contribution in [2.45, 2.75) is 26.2 Å². The van der Waals surface area contributed by atoms with Crippen molar-refractivity contribution < 1.29 is 14.3 Å². The number of anilines is 1. The first kappa shape index (κ1) is 21.6. The van der Waals surface area contributed by atoms with Crippen LogP contribution in [-0.4, -0.2) is 48.3 Å². The second-order valence-electron chi connectivity index (χ2n) is 7.63. The Morgan fingerprint density at radius 1 is 1.06 bits per heavy atom. The number of benzene rings is 2. The number of piperidine rings is 1. The third-order valence-electron chi connectivity index (χ3n) is 5.32. The molecule has 1 fully saturated rings. The highest BCUT2D eigenvalue weighted by molar-refractivity contribution is 5.83. The standard InChI is InChI=1S/C25H28N4O3/c1-2-31-23-16-19(10-12-22(23)32-18-25(30)29-14-6-3-7-15-29)17-26-28-24-13-11-20-8-4-5-9-21(20)27-24/h4-5,8-13,16-17H,2-3,6-7,14-15,18H2,1H3,(H,27,28)/b26-17-. The van der Waals surface area contributed by atoms with Gasteiger partial charge in [-0.3, -0.25) is 10.2 Å². The fourth-order valence-corrected chi connectivity index (χ4v) is 3.67. The van der Waals surface area contributed by atoms with E-state index in [1.807, 2.05) is 66.4 Å². The number of likely N-dealkylation sites (tertiary alicyclic amines) is 1. The molecule has 0 unspecified atom stereocenters. The Hall–Kier alpha value is -3.61. The van der Waals surface area contributed by atoms with Crippen LogP contribution in [0.3, 0.4) is 0 Å². The van der Waals surface area contributed by atoms with Gasteiger partial charge in [-0.15, -0.1) is 0 Å². The van der Waals surface area contributed by atoms with Crippen LogP contribution in [0.15, 0.2) is 59.7 Å². The summed E-state index contributed by atoms with van der Waals surface area (Å²) in [6.07, 6.45) is 5.01. The third kappa shape index (κ3) is 5.55. The molecule has 1 amide bonds. The van der Waals surface area contributed by atoms with Gasteiger partial charge >= 0.3 is 0 Å². The van der Waals surface area contributed by atoms with E-state index < -0.39 is 0 Å². The molecule has 32 heavy (non-hydrogen) atoms. The lowest BCUT2D eigenvalue weighted by atomic mass is 10.1. The summed E-state index contributed by atoms with van der Waals surface area (Å²) in [6.45, 7) is 4.05. The van der Waals surface area contributed by atoms with Crippen molar-refractivity contribution in [2.75, 3.05) is 31.7 Å². The Labute approximate surface area is 188 Å². The molecule has 7 heteroatoms. The Morgan fingerprint density at radius 2 is 1.91 bits per heavy atom. The van der Waals surface area contributed by atoms with Crippen molar-refractivity contribution >= 4 is 28.8 Å². The molecule has 0 saturated carbocycles. The molecule has 1 saturated heterocycles. The lowest BCUT2D eigenvalue weighted by molar-refractivity contribution is -0.134. The number of carbonyl (C=O) groups excluding carboxylic acids is 1. The second-order valence-corrected chi connectivity index (χ2v) is 7.63. The van der Waals surface area contributed by atoms with Crippen molar-refractivity contribution in [3.63, 3.8) is 0 Å². The number of rotatable bonds is 8. The van der Waals surface area contributed by atoms with Crippen LogP contribution in [-0.2, 0) is 4.79 Å². The zero-order valence-electron chi connectivity index (χ0n) is 18.3. The van der Waals surface area contributed by atoms with E-state index in [2.05, 4.69) is 15.5 Å². The summed E-state index contributed by atoms with van der Waals surface area (Å²) in [5.74, 6) is 1.83. The number of ether oxygens (including phenoxy) is 2. The van der Waals surface area contributed by atoms with Crippen molar-refractivity contribution in [3.05, 3.63) is 60.2 Å². The first-order valence-electron chi connectivity index (χ1n) is 11.1. The topological polar surface area (TPSA) is 76.0 Å². The molecule has 1 aromatic heterocycles. The van der Waals surface area contributed by atoms with Crippen LogP contribution in [0.2, 0.25) is 0 Å². The van der Waals surface area contributed by atoms with E-state index in [9.17, 15) is 4.79 Å². The van der Waals surface area contributed by atoms with Gasteiger partial charge < -0.3 is 14.4 Å². The molecule has 0 radical (unpaired) electrons. The summed E-state index contributed by atoms with van der Waals surface area (Å²) in [7, 11) is 0. The number of hydrazone groups is 1. The van der Waals surface area contributed by atoms with Crippen LogP contribution in [0.5, 0.6) is 11.5 Å². The highest BCUT2D eigenvalue weighted by atomic mass is 16.5. The monoisotopic (exact) mass is 432 g/mol. The van der Waals surface area contributed by atoms with E-state index in [0.717, 1.165) is 42.4 Å². The molecule has 166 valence electrons. The number of nitrogens with zero attached hydrogens (tertiary/aromatic N) is 3. The summed E-state index contributed by atoms with van der Waals surface area (Å²) in [4.78, 5) is 18.8. The molecule has 2 aromatic carbocycles. The molecular weight excluding hydrogens is 404 g/mol. The molecule has 1 aliphatic heterocycles. The largest absolute Gasteiger partial charge is 0.490 e. The smallest absolute Gasteiger partial charge is 0.260 e. The molecule has 0 aliphatic carbocycles. The maximum Gasteiger partial charge on any atom is 0.260 e. The minimum absolute atomic E-state index is 0.0166. The van der Waals surface area contributed by atoms with Crippen molar-refractivity contribution in [2.24, 2.45) is 5.10 Å². The first-order chi connectivity index (χ1) is 15.7. The van der Waals surface area contributed by atoms with Crippen LogP contribution in [0.1, 0.15) is 31.7 Å². The van der Waals surface area contributed by atoms with Gasteiger partial charge in [-0.25, -0.2) is 4.98 Å². The number of pyridine rings is 1. The number of hydrogen-bond acceptors (Lipinski definition) is 6. The summed E-state index contributed by atoms with van der Waals surface area (Å²) < 4.78 is 11.5. The number of fused-ring (bicyclic) bond motifs is 1. The van der Waals surface area contributed by atoms with Gasteiger partial charge in [0.15, 0.2) is 18.1 Å².